The fraction of sp³-hybridized carbons (Fsp3) is 0.188. The van der Waals surface area contributed by atoms with Crippen molar-refractivity contribution in [3.63, 3.8) is 0 Å². The Labute approximate surface area is 134 Å². The Balaban J connectivity index is 2.30. The summed E-state index contributed by atoms with van der Waals surface area (Å²) in [4.78, 5) is 12.3. The van der Waals surface area contributed by atoms with E-state index in [2.05, 4.69) is 0 Å². The number of ketones is 1. The zero-order valence-electron chi connectivity index (χ0n) is 12.1. The summed E-state index contributed by atoms with van der Waals surface area (Å²) in [5.74, 6) is -1.03. The van der Waals surface area contributed by atoms with Gasteiger partial charge in [0.25, 0.3) is 0 Å². The van der Waals surface area contributed by atoms with Crippen molar-refractivity contribution in [1.29, 1.82) is 0 Å². The number of benzene rings is 2. The van der Waals surface area contributed by atoms with Gasteiger partial charge < -0.3 is 5.11 Å². The summed E-state index contributed by atoms with van der Waals surface area (Å²) in [6, 6.07) is 8.65. The van der Waals surface area contributed by atoms with Crippen LogP contribution in [-0.2, 0) is 9.84 Å². The summed E-state index contributed by atoms with van der Waals surface area (Å²) < 4.78 is 24.5. The Morgan fingerprint density at radius 3 is 2.09 bits per heavy atom. The zero-order chi connectivity index (χ0) is 16.5. The number of hydrogen-bond donors (Lipinski definition) is 1. The van der Waals surface area contributed by atoms with Gasteiger partial charge in [0.15, 0.2) is 15.6 Å². The molecule has 0 amide bonds. The average molecular weight is 339 g/mol. The molecule has 2 rings (SSSR count). The summed E-state index contributed by atoms with van der Waals surface area (Å²) in [6.45, 7) is 3.32. The second-order valence-electron chi connectivity index (χ2n) is 5.09. The highest BCUT2D eigenvalue weighted by Crippen LogP contribution is 2.24. The molecule has 6 heteroatoms. The number of carbonyl (C=O) groups is 1. The third-order valence-electron chi connectivity index (χ3n) is 3.31. The number of aryl methyl sites for hydroxylation is 2. The normalized spacial score (nSPS) is 11.4. The standard InChI is InChI=1S/C16H15ClO4S/c1-10-7-12(8-11(2)16(10)19)15(18)9-22(20,21)14-5-3-13(17)4-6-14/h3-8,19H,9H2,1-2H3. The van der Waals surface area contributed by atoms with Crippen molar-refractivity contribution in [2.75, 3.05) is 5.75 Å². The minimum atomic E-state index is -3.73. The van der Waals surface area contributed by atoms with Crippen LogP contribution in [-0.4, -0.2) is 25.1 Å². The molecule has 0 aromatic heterocycles. The number of sulfone groups is 1. The van der Waals surface area contributed by atoms with Crippen LogP contribution in [0, 0.1) is 13.8 Å². The van der Waals surface area contributed by atoms with Gasteiger partial charge in [-0.2, -0.15) is 0 Å². The number of phenols is 1. The van der Waals surface area contributed by atoms with E-state index in [9.17, 15) is 18.3 Å². The van der Waals surface area contributed by atoms with Crippen LogP contribution in [0.4, 0.5) is 0 Å². The fourth-order valence-electron chi connectivity index (χ4n) is 2.10. The third-order valence-corrected chi connectivity index (χ3v) is 5.19. The van der Waals surface area contributed by atoms with Crippen LogP contribution in [0.2, 0.25) is 5.02 Å². The average Bonchev–Trinajstić information content (AvgIpc) is 2.44. The number of aromatic hydroxyl groups is 1. The molecule has 0 heterocycles. The number of rotatable bonds is 4. The second kappa shape index (κ2) is 6.10. The fourth-order valence-corrected chi connectivity index (χ4v) is 3.45. The minimum absolute atomic E-state index is 0.0532. The molecule has 0 unspecified atom stereocenters. The molecule has 0 bridgehead atoms. The lowest BCUT2D eigenvalue weighted by Gasteiger charge is -2.08. The molecule has 0 aliphatic carbocycles. The van der Waals surface area contributed by atoms with Crippen molar-refractivity contribution in [2.24, 2.45) is 0 Å². The molecule has 116 valence electrons. The zero-order valence-corrected chi connectivity index (χ0v) is 13.7. The van der Waals surface area contributed by atoms with Crippen LogP contribution < -0.4 is 0 Å². The molecular formula is C16H15ClO4S. The number of carbonyl (C=O) groups excluding carboxylic acids is 1. The Morgan fingerprint density at radius 1 is 1.09 bits per heavy atom. The summed E-state index contributed by atoms with van der Waals surface area (Å²) in [6.07, 6.45) is 0. The smallest absolute Gasteiger partial charge is 0.185 e. The highest BCUT2D eigenvalue weighted by atomic mass is 35.5. The van der Waals surface area contributed by atoms with Crippen LogP contribution in [0.25, 0.3) is 0 Å². The Hall–Kier alpha value is -1.85. The van der Waals surface area contributed by atoms with Gasteiger partial charge in [-0.3, -0.25) is 4.79 Å². The van der Waals surface area contributed by atoms with Crippen molar-refractivity contribution in [2.45, 2.75) is 18.7 Å². The minimum Gasteiger partial charge on any atom is -0.507 e. The van der Waals surface area contributed by atoms with E-state index < -0.39 is 21.4 Å². The second-order valence-corrected chi connectivity index (χ2v) is 7.52. The SMILES string of the molecule is Cc1cc(C(=O)CS(=O)(=O)c2ccc(Cl)cc2)cc(C)c1O. The first-order valence-corrected chi connectivity index (χ1v) is 8.55. The molecule has 22 heavy (non-hydrogen) atoms. The molecule has 0 radical (unpaired) electrons. The Morgan fingerprint density at radius 2 is 1.59 bits per heavy atom. The molecule has 0 aliphatic rings. The van der Waals surface area contributed by atoms with Gasteiger partial charge >= 0.3 is 0 Å². The monoisotopic (exact) mass is 338 g/mol. The number of hydrogen-bond acceptors (Lipinski definition) is 4. The van der Waals surface area contributed by atoms with Gasteiger partial charge in [0.2, 0.25) is 0 Å². The van der Waals surface area contributed by atoms with E-state index in [4.69, 9.17) is 11.6 Å². The Kier molecular flexibility index (Phi) is 4.58. The van der Waals surface area contributed by atoms with Crippen LogP contribution in [0.1, 0.15) is 21.5 Å². The van der Waals surface area contributed by atoms with E-state index in [1.165, 1.54) is 36.4 Å². The first-order valence-electron chi connectivity index (χ1n) is 6.52. The summed E-state index contributed by atoms with van der Waals surface area (Å²) in [7, 11) is -3.73. The molecule has 4 nitrogen and oxygen atoms in total. The summed E-state index contributed by atoms with van der Waals surface area (Å²) >= 11 is 5.73. The van der Waals surface area contributed by atoms with E-state index in [0.29, 0.717) is 16.1 Å². The maximum Gasteiger partial charge on any atom is 0.185 e. The predicted molar refractivity (Wildman–Crippen MR) is 85.4 cm³/mol. The van der Waals surface area contributed by atoms with Gasteiger partial charge in [-0.25, -0.2) is 8.42 Å². The topological polar surface area (TPSA) is 71.4 Å². The van der Waals surface area contributed by atoms with Gasteiger partial charge in [0.05, 0.1) is 4.90 Å². The lowest BCUT2D eigenvalue weighted by atomic mass is 10.0. The first-order chi connectivity index (χ1) is 10.2. The number of halogens is 1. The van der Waals surface area contributed by atoms with Gasteiger partial charge in [0.1, 0.15) is 11.5 Å². The highest BCUT2D eigenvalue weighted by molar-refractivity contribution is 7.92. The van der Waals surface area contributed by atoms with Crippen LogP contribution in [0.15, 0.2) is 41.3 Å². The molecule has 0 spiro atoms. The van der Waals surface area contributed by atoms with Gasteiger partial charge in [0, 0.05) is 10.6 Å². The van der Waals surface area contributed by atoms with Crippen LogP contribution in [0.3, 0.4) is 0 Å². The van der Waals surface area contributed by atoms with E-state index in [1.54, 1.807) is 13.8 Å². The van der Waals surface area contributed by atoms with Crippen molar-refractivity contribution < 1.29 is 18.3 Å². The number of phenolic OH excluding ortho intramolecular Hbond substituents is 1. The largest absolute Gasteiger partial charge is 0.507 e. The summed E-state index contributed by atoms with van der Waals surface area (Å²) in [5.41, 5.74) is 1.34. The quantitative estimate of drug-likeness (QED) is 0.868. The Bertz CT molecular complexity index is 801. The van der Waals surface area contributed by atoms with Crippen LogP contribution >= 0.6 is 11.6 Å². The van der Waals surface area contributed by atoms with Crippen molar-refractivity contribution in [3.05, 3.63) is 58.1 Å². The summed E-state index contributed by atoms with van der Waals surface area (Å²) in [5, 5.41) is 10.1. The highest BCUT2D eigenvalue weighted by Gasteiger charge is 2.21. The van der Waals surface area contributed by atoms with E-state index in [-0.39, 0.29) is 16.2 Å². The lowest BCUT2D eigenvalue weighted by molar-refractivity contribution is 0.102. The third kappa shape index (κ3) is 3.48. The molecule has 0 aliphatic heterocycles. The maximum atomic E-state index is 12.3. The van der Waals surface area contributed by atoms with Crippen LogP contribution in [0.5, 0.6) is 5.75 Å². The van der Waals surface area contributed by atoms with Gasteiger partial charge in [-0.1, -0.05) is 11.6 Å². The lowest BCUT2D eigenvalue weighted by Crippen LogP contribution is -2.16. The molecule has 0 saturated heterocycles. The molecule has 2 aromatic rings. The number of Topliss-reactive ketones (excluding diaryl/α,β-unsaturated/α-hetero) is 1. The molecule has 0 saturated carbocycles. The van der Waals surface area contributed by atoms with Gasteiger partial charge in [-0.15, -0.1) is 0 Å². The first kappa shape index (κ1) is 16.5. The van der Waals surface area contributed by atoms with E-state index >= 15 is 0 Å². The van der Waals surface area contributed by atoms with E-state index in [0.717, 1.165) is 0 Å². The maximum absolute atomic E-state index is 12.3. The van der Waals surface area contributed by atoms with Crippen molar-refractivity contribution in [3.8, 4) is 5.75 Å². The van der Waals surface area contributed by atoms with Gasteiger partial charge in [-0.05, 0) is 61.4 Å². The van der Waals surface area contributed by atoms with Crippen molar-refractivity contribution in [1.82, 2.24) is 0 Å². The van der Waals surface area contributed by atoms with Crippen molar-refractivity contribution >= 4 is 27.2 Å². The molecule has 0 fully saturated rings. The van der Waals surface area contributed by atoms with E-state index in [1.807, 2.05) is 0 Å². The molecular weight excluding hydrogens is 324 g/mol. The predicted octanol–water partition coefficient (Wildman–Crippen LogP) is 3.32. The molecule has 2 aromatic carbocycles. The molecule has 1 N–H and O–H groups in total. The molecule has 0 atom stereocenters.